The number of quaternary nitrogens is 1. The van der Waals surface area contributed by atoms with Crippen molar-refractivity contribution in [3.63, 3.8) is 0 Å². The van der Waals surface area contributed by atoms with Crippen molar-refractivity contribution in [2.75, 3.05) is 33.8 Å². The summed E-state index contributed by atoms with van der Waals surface area (Å²) in [5.41, 5.74) is 0. The van der Waals surface area contributed by atoms with Gasteiger partial charge in [-0.05, 0) is 6.42 Å². The van der Waals surface area contributed by atoms with E-state index < -0.39 is 0 Å². The number of rotatable bonds is 7. The number of carbonyl (C=O) groups is 1. The van der Waals surface area contributed by atoms with Gasteiger partial charge in [-0.15, -0.1) is 0 Å². The topological polar surface area (TPSA) is 26.3 Å². The number of carbonyl (C=O) groups excluding carboxylic acids is 1. The van der Waals surface area contributed by atoms with Gasteiger partial charge in [-0.1, -0.05) is 13.5 Å². The predicted molar refractivity (Wildman–Crippen MR) is 57.9 cm³/mol. The molecule has 0 bridgehead atoms. The maximum Gasteiger partial charge on any atom is 0.330 e. The smallest absolute Gasteiger partial charge is 0.330 e. The van der Waals surface area contributed by atoms with E-state index in [1.165, 1.54) is 12.5 Å². The average Bonchev–Trinajstić information content (AvgIpc) is 2.12. The van der Waals surface area contributed by atoms with Gasteiger partial charge in [-0.3, -0.25) is 0 Å². The molecule has 0 aliphatic heterocycles. The van der Waals surface area contributed by atoms with E-state index in [4.69, 9.17) is 4.74 Å². The van der Waals surface area contributed by atoms with Crippen molar-refractivity contribution in [2.24, 2.45) is 0 Å². The molecule has 0 unspecified atom stereocenters. The molecule has 0 fully saturated rings. The van der Waals surface area contributed by atoms with Crippen LogP contribution in [0.15, 0.2) is 12.7 Å². The first-order chi connectivity index (χ1) is 6.52. The lowest BCUT2D eigenvalue weighted by Gasteiger charge is -2.29. The molecule has 0 rings (SSSR count). The number of esters is 1. The lowest BCUT2D eigenvalue weighted by Crippen LogP contribution is -2.41. The third-order valence-electron chi connectivity index (χ3n) is 2.15. The molecule has 0 saturated carbocycles. The van der Waals surface area contributed by atoms with Crippen molar-refractivity contribution in [2.45, 2.75) is 19.8 Å². The maximum absolute atomic E-state index is 10.7. The third kappa shape index (κ3) is 6.66. The molecule has 82 valence electrons. The third-order valence-corrected chi connectivity index (χ3v) is 2.15. The van der Waals surface area contributed by atoms with Crippen LogP contribution >= 0.6 is 0 Å². The van der Waals surface area contributed by atoms with E-state index in [2.05, 4.69) is 27.6 Å². The van der Waals surface area contributed by atoms with Gasteiger partial charge in [0.2, 0.25) is 0 Å². The molecule has 14 heavy (non-hydrogen) atoms. The fraction of sp³-hybridized carbons (Fsp3) is 0.727. The number of hydrogen-bond donors (Lipinski definition) is 0. The van der Waals surface area contributed by atoms with Gasteiger partial charge in [0.05, 0.1) is 33.8 Å². The molecule has 0 atom stereocenters. The zero-order chi connectivity index (χ0) is 11.0. The van der Waals surface area contributed by atoms with E-state index in [0.29, 0.717) is 6.61 Å². The van der Waals surface area contributed by atoms with Crippen LogP contribution in [0.5, 0.6) is 0 Å². The number of hydrogen-bond acceptors (Lipinski definition) is 2. The summed E-state index contributed by atoms with van der Waals surface area (Å²) >= 11 is 0. The lowest BCUT2D eigenvalue weighted by atomic mass is 10.3. The second-order valence-corrected chi connectivity index (χ2v) is 4.11. The van der Waals surface area contributed by atoms with Crippen molar-refractivity contribution in [3.05, 3.63) is 12.7 Å². The van der Waals surface area contributed by atoms with Crippen LogP contribution < -0.4 is 0 Å². The lowest BCUT2D eigenvalue weighted by molar-refractivity contribution is -0.890. The normalized spacial score (nSPS) is 11.1. The Hall–Kier alpha value is -0.830. The molecule has 3 nitrogen and oxygen atoms in total. The molecule has 0 aromatic rings. The van der Waals surface area contributed by atoms with E-state index in [-0.39, 0.29) is 5.97 Å². The van der Waals surface area contributed by atoms with Crippen LogP contribution in [0.25, 0.3) is 0 Å². The highest BCUT2D eigenvalue weighted by Crippen LogP contribution is 2.01. The van der Waals surface area contributed by atoms with Gasteiger partial charge < -0.3 is 9.22 Å². The van der Waals surface area contributed by atoms with Crippen LogP contribution in [0.4, 0.5) is 0 Å². The summed E-state index contributed by atoms with van der Waals surface area (Å²) in [6.45, 7) is 8.22. The molecular weight excluding hydrogens is 178 g/mol. The van der Waals surface area contributed by atoms with Crippen molar-refractivity contribution < 1.29 is 14.0 Å². The Bertz CT molecular complexity index is 188. The van der Waals surface area contributed by atoms with Crippen LogP contribution in [0.1, 0.15) is 19.8 Å². The van der Waals surface area contributed by atoms with Crippen LogP contribution in [-0.2, 0) is 9.53 Å². The standard InChI is InChI=1S/C11H22NO2/c1-5-8-12(3,4)9-7-10-14-11(13)6-2/h6H,2,5,7-10H2,1,3-4H3/q+1. The van der Waals surface area contributed by atoms with Gasteiger partial charge >= 0.3 is 5.97 Å². The fourth-order valence-corrected chi connectivity index (χ4v) is 1.44. The minimum Gasteiger partial charge on any atom is -0.462 e. The van der Waals surface area contributed by atoms with Gasteiger partial charge in [0, 0.05) is 12.5 Å². The molecule has 0 N–H and O–H groups in total. The highest BCUT2D eigenvalue weighted by Gasteiger charge is 2.12. The molecule has 0 heterocycles. The summed E-state index contributed by atoms with van der Waals surface area (Å²) < 4.78 is 5.89. The Balaban J connectivity index is 3.53. The van der Waals surface area contributed by atoms with Crippen molar-refractivity contribution in [1.29, 1.82) is 0 Å². The van der Waals surface area contributed by atoms with Crippen LogP contribution in [0, 0.1) is 0 Å². The zero-order valence-electron chi connectivity index (χ0n) is 9.58. The number of nitrogens with zero attached hydrogens (tertiary/aromatic N) is 1. The summed E-state index contributed by atoms with van der Waals surface area (Å²) in [4.78, 5) is 10.7. The van der Waals surface area contributed by atoms with Crippen molar-refractivity contribution in [3.8, 4) is 0 Å². The molecule has 3 heteroatoms. The van der Waals surface area contributed by atoms with Crippen LogP contribution in [0.3, 0.4) is 0 Å². The molecule has 0 aromatic heterocycles. The Labute approximate surface area is 86.9 Å². The average molecular weight is 200 g/mol. The first kappa shape index (κ1) is 13.2. The monoisotopic (exact) mass is 200 g/mol. The molecule has 0 aromatic carbocycles. The van der Waals surface area contributed by atoms with Crippen LogP contribution in [0.2, 0.25) is 0 Å². The first-order valence-corrected chi connectivity index (χ1v) is 5.13. The first-order valence-electron chi connectivity index (χ1n) is 5.13. The number of ether oxygens (including phenoxy) is 1. The molecule has 0 saturated heterocycles. The molecule has 0 spiro atoms. The second-order valence-electron chi connectivity index (χ2n) is 4.11. The Morgan fingerprint density at radius 1 is 1.43 bits per heavy atom. The van der Waals surface area contributed by atoms with Gasteiger partial charge in [0.15, 0.2) is 0 Å². The summed E-state index contributed by atoms with van der Waals surface area (Å²) in [6, 6.07) is 0. The largest absolute Gasteiger partial charge is 0.462 e. The minimum atomic E-state index is -0.328. The predicted octanol–water partition coefficient (Wildman–Crippen LogP) is 1.59. The van der Waals surface area contributed by atoms with E-state index in [1.54, 1.807) is 0 Å². The van der Waals surface area contributed by atoms with Gasteiger partial charge in [0.1, 0.15) is 0 Å². The Morgan fingerprint density at radius 2 is 2.07 bits per heavy atom. The van der Waals surface area contributed by atoms with Gasteiger partial charge in [0.25, 0.3) is 0 Å². The van der Waals surface area contributed by atoms with E-state index in [0.717, 1.165) is 24.0 Å². The Morgan fingerprint density at radius 3 is 2.57 bits per heavy atom. The summed E-state index contributed by atoms with van der Waals surface area (Å²) in [6.07, 6.45) is 3.29. The zero-order valence-corrected chi connectivity index (χ0v) is 9.58. The van der Waals surface area contributed by atoms with E-state index >= 15 is 0 Å². The van der Waals surface area contributed by atoms with E-state index in [9.17, 15) is 4.79 Å². The van der Waals surface area contributed by atoms with Gasteiger partial charge in [-0.2, -0.15) is 0 Å². The molecule has 0 radical (unpaired) electrons. The van der Waals surface area contributed by atoms with Crippen molar-refractivity contribution in [1.82, 2.24) is 0 Å². The second kappa shape index (κ2) is 6.60. The summed E-state index contributed by atoms with van der Waals surface area (Å²) in [5.74, 6) is -0.328. The van der Waals surface area contributed by atoms with Crippen molar-refractivity contribution >= 4 is 5.97 Å². The van der Waals surface area contributed by atoms with E-state index in [1.807, 2.05) is 0 Å². The molecule has 0 aliphatic carbocycles. The summed E-state index contributed by atoms with van der Waals surface area (Å²) in [7, 11) is 4.39. The van der Waals surface area contributed by atoms with Crippen LogP contribution in [-0.4, -0.2) is 44.2 Å². The quantitative estimate of drug-likeness (QED) is 0.270. The van der Waals surface area contributed by atoms with Gasteiger partial charge in [-0.25, -0.2) is 4.79 Å². The molecule has 0 amide bonds. The maximum atomic E-state index is 10.7. The fourth-order valence-electron chi connectivity index (χ4n) is 1.44. The highest BCUT2D eigenvalue weighted by molar-refractivity contribution is 5.81. The summed E-state index contributed by atoms with van der Waals surface area (Å²) in [5, 5.41) is 0. The highest BCUT2D eigenvalue weighted by atomic mass is 16.5. The molecular formula is C11H22NO2+. The minimum absolute atomic E-state index is 0.328. The molecule has 0 aliphatic rings. The SMILES string of the molecule is C=CC(=O)OCCC[N+](C)(C)CCC. The Kier molecular flexibility index (Phi) is 6.21.